The lowest BCUT2D eigenvalue weighted by atomic mass is 10.2. The summed E-state index contributed by atoms with van der Waals surface area (Å²) in [6, 6.07) is 4.14. The minimum Gasteiger partial charge on any atom is -0.487 e. The molecule has 0 atom stereocenters. The minimum atomic E-state index is 0.480. The molecule has 0 spiro atoms. The van der Waals surface area contributed by atoms with Crippen LogP contribution in [0.5, 0.6) is 5.75 Å². The van der Waals surface area contributed by atoms with Crippen LogP contribution in [0.15, 0.2) is 32.2 Å². The molecule has 0 saturated carbocycles. The van der Waals surface area contributed by atoms with Gasteiger partial charge in [0.2, 0.25) is 0 Å². The van der Waals surface area contributed by atoms with Gasteiger partial charge in [0.25, 0.3) is 0 Å². The minimum absolute atomic E-state index is 0.480. The third-order valence-electron chi connectivity index (χ3n) is 2.44. The Kier molecular flexibility index (Phi) is 8.07. The summed E-state index contributed by atoms with van der Waals surface area (Å²) >= 11 is 12.7. The zero-order valence-corrected chi connectivity index (χ0v) is 15.0. The molecule has 0 saturated heterocycles. The van der Waals surface area contributed by atoms with Crippen molar-refractivity contribution in [1.29, 1.82) is 0 Å². The van der Waals surface area contributed by atoms with Crippen LogP contribution in [0.25, 0.3) is 0 Å². The fourth-order valence-electron chi connectivity index (χ4n) is 1.48. The van der Waals surface area contributed by atoms with Crippen molar-refractivity contribution >= 4 is 43.5 Å². The van der Waals surface area contributed by atoms with Crippen molar-refractivity contribution in [3.63, 3.8) is 0 Å². The Balaban J connectivity index is 2.73. The molecule has 0 radical (unpaired) electrons. The monoisotopic (exact) mass is 409 g/mol. The van der Waals surface area contributed by atoms with E-state index < -0.39 is 0 Å². The maximum atomic E-state index is 5.73. The molecule has 5 heteroatoms. The van der Waals surface area contributed by atoms with E-state index in [0.29, 0.717) is 6.61 Å². The van der Waals surface area contributed by atoms with Crippen molar-refractivity contribution in [2.45, 2.75) is 26.8 Å². The van der Waals surface area contributed by atoms with Gasteiger partial charge in [0, 0.05) is 12.1 Å². The quantitative estimate of drug-likeness (QED) is 0.620. The molecule has 106 valence electrons. The summed E-state index contributed by atoms with van der Waals surface area (Å²) < 4.78 is 7.62. The smallest absolute Gasteiger partial charge is 0.148 e. The summed E-state index contributed by atoms with van der Waals surface area (Å²) in [6.07, 6.45) is 1.13. The van der Waals surface area contributed by atoms with Crippen molar-refractivity contribution in [2.75, 3.05) is 13.2 Å². The lowest BCUT2D eigenvalue weighted by molar-refractivity contribution is 0.348. The topological polar surface area (TPSA) is 21.3 Å². The fourth-order valence-corrected chi connectivity index (χ4v) is 3.05. The van der Waals surface area contributed by atoms with E-state index in [2.05, 4.69) is 56.2 Å². The van der Waals surface area contributed by atoms with Gasteiger partial charge in [-0.25, -0.2) is 0 Å². The second-order valence-electron chi connectivity index (χ2n) is 4.31. The van der Waals surface area contributed by atoms with Crippen molar-refractivity contribution < 1.29 is 4.74 Å². The molecule has 0 fully saturated rings. The van der Waals surface area contributed by atoms with Gasteiger partial charge in [-0.2, -0.15) is 0 Å². The highest BCUT2D eigenvalue weighted by atomic mass is 79.9. The van der Waals surface area contributed by atoms with E-state index in [1.807, 2.05) is 6.92 Å². The molecule has 0 heterocycles. The maximum absolute atomic E-state index is 5.73. The van der Waals surface area contributed by atoms with E-state index >= 15 is 0 Å². The van der Waals surface area contributed by atoms with E-state index in [-0.39, 0.29) is 0 Å². The number of nitrogens with one attached hydrogen (secondary N) is 1. The highest BCUT2D eigenvalue weighted by molar-refractivity contribution is 9.11. The Bertz CT molecular complexity index is 426. The van der Waals surface area contributed by atoms with Crippen molar-refractivity contribution in [3.05, 3.63) is 37.7 Å². The van der Waals surface area contributed by atoms with Gasteiger partial charge in [-0.3, -0.25) is 0 Å². The predicted octanol–water partition coefficient (Wildman–Crippen LogP) is 5.23. The summed E-state index contributed by atoms with van der Waals surface area (Å²) in [7, 11) is 0. The number of ether oxygens (including phenoxy) is 1. The fraction of sp³-hybridized carbons (Fsp3) is 0.429. The molecule has 19 heavy (non-hydrogen) atoms. The van der Waals surface area contributed by atoms with Gasteiger partial charge in [-0.1, -0.05) is 18.5 Å². The first-order chi connectivity index (χ1) is 9.08. The largest absolute Gasteiger partial charge is 0.487 e. The first kappa shape index (κ1) is 17.0. The summed E-state index contributed by atoms with van der Waals surface area (Å²) in [6.45, 7) is 6.44. The van der Waals surface area contributed by atoms with Crippen LogP contribution in [0.3, 0.4) is 0 Å². The molecule has 0 aromatic heterocycles. The molecule has 0 aliphatic heterocycles. The third kappa shape index (κ3) is 5.86. The van der Waals surface area contributed by atoms with E-state index in [0.717, 1.165) is 39.8 Å². The molecule has 0 bridgehead atoms. The van der Waals surface area contributed by atoms with Gasteiger partial charge in [-0.15, -0.1) is 0 Å². The van der Waals surface area contributed by atoms with Crippen LogP contribution in [0, 0.1) is 0 Å². The number of halogens is 3. The highest BCUT2D eigenvalue weighted by Crippen LogP contribution is 2.35. The molecule has 2 nitrogen and oxygen atoms in total. The van der Waals surface area contributed by atoms with Gasteiger partial charge in [0.1, 0.15) is 12.4 Å². The van der Waals surface area contributed by atoms with Crippen LogP contribution in [0.2, 0.25) is 0 Å². The van der Waals surface area contributed by atoms with Crippen LogP contribution >= 0.6 is 43.5 Å². The Hall–Kier alpha value is -0.0300. The Labute approximate surface area is 136 Å². The Morgan fingerprint density at radius 3 is 2.53 bits per heavy atom. The van der Waals surface area contributed by atoms with Crippen molar-refractivity contribution in [1.82, 2.24) is 5.32 Å². The third-order valence-corrected chi connectivity index (χ3v) is 4.00. The van der Waals surface area contributed by atoms with Crippen LogP contribution in [-0.4, -0.2) is 13.2 Å². The zero-order chi connectivity index (χ0) is 14.3. The summed E-state index contributed by atoms with van der Waals surface area (Å²) in [5.41, 5.74) is 3.73. The molecule has 1 aromatic carbocycles. The first-order valence-electron chi connectivity index (χ1n) is 6.15. The zero-order valence-electron chi connectivity index (χ0n) is 11.1. The molecule has 0 aliphatic carbocycles. The average Bonchev–Trinajstić information content (AvgIpc) is 2.37. The van der Waals surface area contributed by atoms with E-state index in [1.54, 1.807) is 0 Å². The number of rotatable bonds is 7. The van der Waals surface area contributed by atoms with E-state index in [4.69, 9.17) is 16.3 Å². The molecule has 1 rings (SSSR count). The molecule has 1 N–H and O–H groups in total. The highest BCUT2D eigenvalue weighted by Gasteiger charge is 2.09. The molecule has 0 aliphatic rings. The Morgan fingerprint density at radius 1 is 1.37 bits per heavy atom. The Morgan fingerprint density at radius 2 is 2.00 bits per heavy atom. The van der Waals surface area contributed by atoms with Gasteiger partial charge in [0.05, 0.1) is 8.95 Å². The predicted molar refractivity (Wildman–Crippen MR) is 88.9 cm³/mol. The normalized spacial score (nSPS) is 11.7. The lowest BCUT2D eigenvalue weighted by Gasteiger charge is -2.12. The summed E-state index contributed by atoms with van der Waals surface area (Å²) in [5.74, 6) is 0.803. The maximum Gasteiger partial charge on any atom is 0.148 e. The van der Waals surface area contributed by atoms with Gasteiger partial charge < -0.3 is 10.1 Å². The molecule has 0 amide bonds. The second kappa shape index (κ2) is 9.01. The summed E-state index contributed by atoms with van der Waals surface area (Å²) in [4.78, 5) is 0. The number of hydrogen-bond donors (Lipinski definition) is 1. The lowest BCUT2D eigenvalue weighted by Crippen LogP contribution is -2.13. The molecule has 0 unspecified atom stereocenters. The first-order valence-corrected chi connectivity index (χ1v) is 8.18. The average molecular weight is 412 g/mol. The molecule has 1 aromatic rings. The SMILES string of the molecule is CCCNCc1cc(Br)c(OC/C(C)=C/Cl)c(Br)c1. The van der Waals surface area contributed by atoms with Crippen LogP contribution in [0.1, 0.15) is 25.8 Å². The van der Waals surface area contributed by atoms with Crippen LogP contribution in [-0.2, 0) is 6.54 Å². The summed E-state index contributed by atoms with van der Waals surface area (Å²) in [5, 5.41) is 3.38. The number of hydrogen-bond acceptors (Lipinski definition) is 2. The van der Waals surface area contributed by atoms with Crippen LogP contribution < -0.4 is 10.1 Å². The van der Waals surface area contributed by atoms with Crippen LogP contribution in [0.4, 0.5) is 0 Å². The van der Waals surface area contributed by atoms with Crippen molar-refractivity contribution in [3.8, 4) is 5.75 Å². The standard InChI is InChI=1S/C14H18Br2ClNO/c1-3-4-18-8-11-5-12(15)14(13(16)6-11)19-9-10(2)7-17/h5-7,18H,3-4,8-9H2,1-2H3/b10-7+. The second-order valence-corrected chi connectivity index (χ2v) is 6.24. The van der Waals surface area contributed by atoms with Gasteiger partial charge in [0.15, 0.2) is 0 Å². The van der Waals surface area contributed by atoms with Crippen molar-refractivity contribution in [2.24, 2.45) is 0 Å². The van der Waals surface area contributed by atoms with E-state index in [1.165, 1.54) is 11.1 Å². The van der Waals surface area contributed by atoms with Gasteiger partial charge in [-0.05, 0) is 75.0 Å². The van der Waals surface area contributed by atoms with E-state index in [9.17, 15) is 0 Å². The molecular weight excluding hydrogens is 393 g/mol. The number of benzene rings is 1. The van der Waals surface area contributed by atoms with Gasteiger partial charge >= 0.3 is 0 Å². The molecular formula is C14H18Br2ClNO.